The van der Waals surface area contributed by atoms with Crippen LogP contribution in [0.3, 0.4) is 0 Å². The van der Waals surface area contributed by atoms with Crippen LogP contribution in [-0.2, 0) is 0 Å². The monoisotopic (exact) mass is 184 g/mol. The van der Waals surface area contributed by atoms with Crippen molar-refractivity contribution < 1.29 is 9.90 Å². The molecule has 1 aromatic carbocycles. The first-order chi connectivity index (χ1) is 5.52. The molecule has 64 valence electrons. The molecule has 0 aliphatic carbocycles. The number of aryl methyl sites for hydroxylation is 1. The molecule has 0 fully saturated rings. The Balaban J connectivity index is 3.33. The zero-order valence-corrected chi connectivity index (χ0v) is 7.64. The Morgan fingerprint density at radius 2 is 2.08 bits per heavy atom. The molecule has 0 saturated heterocycles. The van der Waals surface area contributed by atoms with Crippen LogP contribution in [0.2, 0.25) is 5.02 Å². The second-order valence-corrected chi connectivity index (χ2v) is 3.08. The normalized spacial score (nSPS) is 9.92. The van der Waals surface area contributed by atoms with Gasteiger partial charge in [-0.15, -0.1) is 0 Å². The maximum Gasteiger partial charge on any atom is 0.161 e. The highest BCUT2D eigenvalue weighted by atomic mass is 35.5. The summed E-state index contributed by atoms with van der Waals surface area (Å²) in [4.78, 5) is 10.9. The predicted molar refractivity (Wildman–Crippen MR) is 47.9 cm³/mol. The first-order valence-corrected chi connectivity index (χ1v) is 3.90. The van der Waals surface area contributed by atoms with Crippen LogP contribution in [0.1, 0.15) is 22.8 Å². The van der Waals surface area contributed by atoms with E-state index in [1.165, 1.54) is 13.0 Å². The van der Waals surface area contributed by atoms with Gasteiger partial charge >= 0.3 is 0 Å². The van der Waals surface area contributed by atoms with Crippen LogP contribution in [0, 0.1) is 6.92 Å². The van der Waals surface area contributed by atoms with Crippen molar-refractivity contribution in [2.75, 3.05) is 0 Å². The van der Waals surface area contributed by atoms with Crippen LogP contribution < -0.4 is 0 Å². The minimum Gasteiger partial charge on any atom is -0.508 e. The molecule has 1 aromatic rings. The van der Waals surface area contributed by atoms with Crippen molar-refractivity contribution in [3.05, 3.63) is 28.3 Å². The van der Waals surface area contributed by atoms with E-state index < -0.39 is 0 Å². The number of ketones is 1. The van der Waals surface area contributed by atoms with E-state index in [0.29, 0.717) is 16.1 Å². The van der Waals surface area contributed by atoms with Gasteiger partial charge in [-0.1, -0.05) is 11.6 Å². The molecule has 0 spiro atoms. The zero-order valence-electron chi connectivity index (χ0n) is 6.89. The SMILES string of the molecule is CC(=O)c1cc(O)c(C)cc1Cl. The van der Waals surface area contributed by atoms with Gasteiger partial charge in [-0.25, -0.2) is 0 Å². The fourth-order valence-corrected chi connectivity index (χ4v) is 1.28. The first-order valence-electron chi connectivity index (χ1n) is 3.52. The standard InChI is InChI=1S/C9H9ClO2/c1-5-3-8(10)7(6(2)11)4-9(5)12/h3-4,12H,1-2H3. The molecule has 0 saturated carbocycles. The second-order valence-electron chi connectivity index (χ2n) is 2.67. The molecule has 0 bridgehead atoms. The van der Waals surface area contributed by atoms with Crippen molar-refractivity contribution in [3.8, 4) is 5.75 Å². The van der Waals surface area contributed by atoms with Crippen molar-refractivity contribution >= 4 is 17.4 Å². The van der Waals surface area contributed by atoms with Crippen LogP contribution >= 0.6 is 11.6 Å². The van der Waals surface area contributed by atoms with Gasteiger partial charge in [0.25, 0.3) is 0 Å². The highest BCUT2D eigenvalue weighted by Gasteiger charge is 2.08. The van der Waals surface area contributed by atoms with Crippen molar-refractivity contribution in [3.63, 3.8) is 0 Å². The zero-order chi connectivity index (χ0) is 9.30. The molecule has 2 nitrogen and oxygen atoms in total. The third-order valence-corrected chi connectivity index (χ3v) is 1.98. The van der Waals surface area contributed by atoms with Crippen molar-refractivity contribution in [2.24, 2.45) is 0 Å². The summed E-state index contributed by atoms with van der Waals surface area (Å²) >= 11 is 5.76. The van der Waals surface area contributed by atoms with Gasteiger partial charge in [-0.05, 0) is 31.5 Å². The number of aromatic hydroxyl groups is 1. The summed E-state index contributed by atoms with van der Waals surface area (Å²) in [7, 11) is 0. The quantitative estimate of drug-likeness (QED) is 0.682. The van der Waals surface area contributed by atoms with Crippen LogP contribution in [-0.4, -0.2) is 10.9 Å². The molecule has 0 amide bonds. The topological polar surface area (TPSA) is 37.3 Å². The lowest BCUT2D eigenvalue weighted by molar-refractivity contribution is 0.101. The molecule has 0 atom stereocenters. The Morgan fingerprint density at radius 3 is 2.58 bits per heavy atom. The molecule has 0 radical (unpaired) electrons. The van der Waals surface area contributed by atoms with Crippen LogP contribution in [0.5, 0.6) is 5.75 Å². The molecule has 1 N–H and O–H groups in total. The summed E-state index contributed by atoms with van der Waals surface area (Å²) in [5.41, 5.74) is 1.03. The second kappa shape index (κ2) is 3.15. The molecule has 0 aliphatic heterocycles. The summed E-state index contributed by atoms with van der Waals surface area (Å²) in [6.07, 6.45) is 0. The van der Waals surface area contributed by atoms with E-state index in [-0.39, 0.29) is 11.5 Å². The predicted octanol–water partition coefficient (Wildman–Crippen LogP) is 2.56. The number of hydrogen-bond donors (Lipinski definition) is 1. The van der Waals surface area contributed by atoms with Gasteiger partial charge in [0.2, 0.25) is 0 Å². The number of rotatable bonds is 1. The largest absolute Gasteiger partial charge is 0.508 e. The third kappa shape index (κ3) is 1.59. The molecule has 0 aliphatic rings. The van der Waals surface area contributed by atoms with Crippen molar-refractivity contribution in [1.29, 1.82) is 0 Å². The highest BCUT2D eigenvalue weighted by molar-refractivity contribution is 6.34. The summed E-state index contributed by atoms with van der Waals surface area (Å²) in [5, 5.41) is 9.65. The maximum atomic E-state index is 10.9. The van der Waals surface area contributed by atoms with Crippen LogP contribution in [0.25, 0.3) is 0 Å². The number of phenolic OH excluding ortho intramolecular Hbond substituents is 1. The van der Waals surface area contributed by atoms with E-state index in [1.54, 1.807) is 13.0 Å². The number of benzene rings is 1. The fourth-order valence-electron chi connectivity index (χ4n) is 0.931. The third-order valence-electron chi connectivity index (χ3n) is 1.66. The number of Topliss-reactive ketones (excluding diaryl/α,β-unsaturated/α-hetero) is 1. The van der Waals surface area contributed by atoms with Gasteiger partial charge in [-0.3, -0.25) is 4.79 Å². The minimum atomic E-state index is -0.143. The Morgan fingerprint density at radius 1 is 1.50 bits per heavy atom. The first kappa shape index (κ1) is 9.07. The van der Waals surface area contributed by atoms with E-state index in [2.05, 4.69) is 0 Å². The van der Waals surface area contributed by atoms with E-state index in [9.17, 15) is 9.90 Å². The molecular weight excluding hydrogens is 176 g/mol. The summed E-state index contributed by atoms with van der Waals surface area (Å²) < 4.78 is 0. The minimum absolute atomic E-state index is 0.101. The summed E-state index contributed by atoms with van der Waals surface area (Å²) in [5.74, 6) is -0.0418. The Hall–Kier alpha value is -1.02. The molecule has 0 aromatic heterocycles. The lowest BCUT2D eigenvalue weighted by atomic mass is 10.1. The Kier molecular flexibility index (Phi) is 2.38. The van der Waals surface area contributed by atoms with Crippen LogP contribution in [0.15, 0.2) is 12.1 Å². The molecule has 0 heterocycles. The van der Waals surface area contributed by atoms with E-state index in [1.807, 2.05) is 0 Å². The molecule has 1 rings (SSSR count). The number of hydrogen-bond acceptors (Lipinski definition) is 2. The summed E-state index contributed by atoms with van der Waals surface area (Å²) in [6, 6.07) is 2.97. The molecule has 12 heavy (non-hydrogen) atoms. The maximum absolute atomic E-state index is 10.9. The van der Waals surface area contributed by atoms with Crippen molar-refractivity contribution in [1.82, 2.24) is 0 Å². The lowest BCUT2D eigenvalue weighted by Crippen LogP contribution is -1.93. The average Bonchev–Trinajstić information content (AvgIpc) is 1.96. The van der Waals surface area contributed by atoms with E-state index >= 15 is 0 Å². The molecule has 0 unspecified atom stereocenters. The number of halogens is 1. The molecular formula is C9H9ClO2. The summed E-state index contributed by atoms with van der Waals surface area (Å²) in [6.45, 7) is 3.14. The smallest absolute Gasteiger partial charge is 0.161 e. The van der Waals surface area contributed by atoms with E-state index in [0.717, 1.165) is 0 Å². The van der Waals surface area contributed by atoms with Crippen molar-refractivity contribution in [2.45, 2.75) is 13.8 Å². The number of carbonyl (C=O) groups is 1. The van der Waals surface area contributed by atoms with Gasteiger partial charge in [0.05, 0.1) is 5.02 Å². The van der Waals surface area contributed by atoms with Gasteiger partial charge < -0.3 is 5.11 Å². The van der Waals surface area contributed by atoms with Gasteiger partial charge in [0.15, 0.2) is 5.78 Å². The lowest BCUT2D eigenvalue weighted by Gasteiger charge is -2.03. The number of carbonyl (C=O) groups excluding carboxylic acids is 1. The van der Waals surface area contributed by atoms with Gasteiger partial charge in [-0.2, -0.15) is 0 Å². The fraction of sp³-hybridized carbons (Fsp3) is 0.222. The van der Waals surface area contributed by atoms with E-state index in [4.69, 9.17) is 11.6 Å². The highest BCUT2D eigenvalue weighted by Crippen LogP contribution is 2.25. The number of phenols is 1. The molecule has 3 heteroatoms. The van der Waals surface area contributed by atoms with Gasteiger partial charge in [0.1, 0.15) is 5.75 Å². The van der Waals surface area contributed by atoms with Gasteiger partial charge in [0, 0.05) is 5.56 Å². The van der Waals surface area contributed by atoms with Crippen LogP contribution in [0.4, 0.5) is 0 Å². The Labute approximate surface area is 75.8 Å². The Bertz CT molecular complexity index is 332. The average molecular weight is 185 g/mol.